The smallest absolute Gasteiger partial charge is 0.310 e. The quantitative estimate of drug-likeness (QED) is 0.836. The first-order valence-corrected chi connectivity index (χ1v) is 7.49. The second kappa shape index (κ2) is 5.57. The summed E-state index contributed by atoms with van der Waals surface area (Å²) in [6.07, 6.45) is 3.37. The minimum Gasteiger partial charge on any atom is -0.481 e. The van der Waals surface area contributed by atoms with E-state index in [0.717, 1.165) is 23.2 Å². The van der Waals surface area contributed by atoms with E-state index in [1.807, 2.05) is 32.0 Å². The summed E-state index contributed by atoms with van der Waals surface area (Å²) in [6.45, 7) is 3.95. The molecule has 0 radical (unpaired) electrons. The Kier molecular flexibility index (Phi) is 3.74. The van der Waals surface area contributed by atoms with Gasteiger partial charge in [0.1, 0.15) is 5.92 Å². The van der Waals surface area contributed by atoms with Crippen molar-refractivity contribution in [3.63, 3.8) is 0 Å². The lowest BCUT2D eigenvalue weighted by Crippen LogP contribution is -2.39. The fourth-order valence-electron chi connectivity index (χ4n) is 3.32. The van der Waals surface area contributed by atoms with E-state index in [9.17, 15) is 14.7 Å². The third-order valence-electron chi connectivity index (χ3n) is 4.48. The minimum absolute atomic E-state index is 0.284. The molecule has 2 N–H and O–H groups in total. The van der Waals surface area contributed by atoms with Gasteiger partial charge >= 0.3 is 5.97 Å². The Morgan fingerprint density at radius 2 is 1.91 bits per heavy atom. The van der Waals surface area contributed by atoms with Gasteiger partial charge in [0, 0.05) is 5.69 Å². The maximum Gasteiger partial charge on any atom is 0.310 e. The average molecular weight is 301 g/mol. The fraction of sp³-hybridized carbons (Fsp3) is 0.412. The average Bonchev–Trinajstić information content (AvgIpc) is 3.09. The van der Waals surface area contributed by atoms with Crippen LogP contribution in [0, 0.1) is 18.8 Å². The van der Waals surface area contributed by atoms with Crippen molar-refractivity contribution in [3.8, 4) is 0 Å². The van der Waals surface area contributed by atoms with Gasteiger partial charge in [-0.3, -0.25) is 9.59 Å². The molecule has 0 aromatic heterocycles. The maximum atomic E-state index is 12.7. The molecule has 1 saturated heterocycles. The van der Waals surface area contributed by atoms with Crippen LogP contribution in [0.2, 0.25) is 0 Å². The number of hydrogen-bond donors (Lipinski definition) is 2. The highest BCUT2D eigenvalue weighted by Gasteiger charge is 2.53. The molecule has 22 heavy (non-hydrogen) atoms. The fourth-order valence-corrected chi connectivity index (χ4v) is 3.32. The number of aliphatic carboxylic acids is 1. The molecule has 2 bridgehead atoms. The van der Waals surface area contributed by atoms with E-state index in [0.29, 0.717) is 0 Å². The van der Waals surface area contributed by atoms with Gasteiger partial charge in [-0.25, -0.2) is 0 Å². The molecule has 4 atom stereocenters. The summed E-state index contributed by atoms with van der Waals surface area (Å²) >= 11 is 0. The van der Waals surface area contributed by atoms with Crippen molar-refractivity contribution in [3.05, 3.63) is 41.5 Å². The van der Waals surface area contributed by atoms with Gasteiger partial charge in [-0.1, -0.05) is 37.3 Å². The molecular formula is C17H19NO4. The van der Waals surface area contributed by atoms with Crippen LogP contribution in [0.4, 0.5) is 5.69 Å². The number of ether oxygens (including phenoxy) is 1. The molecule has 5 heteroatoms. The van der Waals surface area contributed by atoms with Crippen molar-refractivity contribution in [2.45, 2.75) is 32.5 Å². The lowest BCUT2D eigenvalue weighted by atomic mass is 9.82. The molecule has 3 rings (SSSR count). The Morgan fingerprint density at radius 3 is 2.55 bits per heavy atom. The Morgan fingerprint density at radius 1 is 1.23 bits per heavy atom. The van der Waals surface area contributed by atoms with Gasteiger partial charge in [-0.05, 0) is 24.5 Å². The summed E-state index contributed by atoms with van der Waals surface area (Å²) in [5, 5.41) is 12.3. The first-order valence-electron chi connectivity index (χ1n) is 7.49. The summed E-state index contributed by atoms with van der Waals surface area (Å²) in [4.78, 5) is 24.1. The molecule has 2 aliphatic heterocycles. The molecule has 0 aliphatic carbocycles. The number of anilines is 1. The topological polar surface area (TPSA) is 75.6 Å². The Bertz CT molecular complexity index is 652. The number of aryl methyl sites for hydroxylation is 2. The van der Waals surface area contributed by atoms with Gasteiger partial charge in [-0.2, -0.15) is 0 Å². The van der Waals surface area contributed by atoms with Crippen molar-refractivity contribution in [1.82, 2.24) is 0 Å². The van der Waals surface area contributed by atoms with Crippen molar-refractivity contribution in [2.24, 2.45) is 11.8 Å². The molecule has 2 aliphatic rings. The monoisotopic (exact) mass is 301 g/mol. The van der Waals surface area contributed by atoms with Gasteiger partial charge in [0.2, 0.25) is 5.91 Å². The Balaban J connectivity index is 1.86. The Labute approximate surface area is 129 Å². The third kappa shape index (κ3) is 2.31. The number of carboxylic acid groups (broad SMARTS) is 1. The molecule has 1 amide bonds. The van der Waals surface area contributed by atoms with Crippen LogP contribution in [0.5, 0.6) is 0 Å². The molecular weight excluding hydrogens is 282 g/mol. The van der Waals surface area contributed by atoms with Gasteiger partial charge in [0.15, 0.2) is 0 Å². The van der Waals surface area contributed by atoms with Gasteiger partial charge in [0.05, 0.1) is 18.1 Å². The second-order valence-electron chi connectivity index (χ2n) is 5.79. The lowest BCUT2D eigenvalue weighted by molar-refractivity contribution is -0.145. The molecule has 1 fully saturated rings. The Hall–Kier alpha value is -2.14. The number of amides is 1. The zero-order valence-electron chi connectivity index (χ0n) is 12.6. The third-order valence-corrected chi connectivity index (χ3v) is 4.48. The van der Waals surface area contributed by atoms with Crippen LogP contribution < -0.4 is 5.32 Å². The minimum atomic E-state index is -0.988. The number of benzene rings is 1. The second-order valence-corrected chi connectivity index (χ2v) is 5.79. The zero-order valence-corrected chi connectivity index (χ0v) is 12.6. The van der Waals surface area contributed by atoms with E-state index in [1.54, 1.807) is 12.2 Å². The summed E-state index contributed by atoms with van der Waals surface area (Å²) in [5.41, 5.74) is 2.80. The van der Waals surface area contributed by atoms with Crippen molar-refractivity contribution in [1.29, 1.82) is 0 Å². The van der Waals surface area contributed by atoms with Crippen LogP contribution in [0.15, 0.2) is 30.4 Å². The summed E-state index contributed by atoms with van der Waals surface area (Å²) in [5.74, 6) is -2.77. The molecule has 2 heterocycles. The number of carbonyl (C=O) groups excluding carboxylic acids is 1. The van der Waals surface area contributed by atoms with Crippen molar-refractivity contribution >= 4 is 17.6 Å². The van der Waals surface area contributed by atoms with Crippen molar-refractivity contribution in [2.75, 3.05) is 5.32 Å². The highest BCUT2D eigenvalue weighted by atomic mass is 16.5. The van der Waals surface area contributed by atoms with Crippen LogP contribution in [0.1, 0.15) is 18.1 Å². The van der Waals surface area contributed by atoms with Gasteiger partial charge in [-0.15, -0.1) is 0 Å². The van der Waals surface area contributed by atoms with Crippen LogP contribution in [0.3, 0.4) is 0 Å². The number of hydrogen-bond acceptors (Lipinski definition) is 3. The van der Waals surface area contributed by atoms with E-state index >= 15 is 0 Å². The molecule has 1 aromatic carbocycles. The van der Waals surface area contributed by atoms with Gasteiger partial charge in [0.25, 0.3) is 0 Å². The summed E-state index contributed by atoms with van der Waals surface area (Å²) in [6, 6.07) is 5.85. The number of rotatable bonds is 4. The summed E-state index contributed by atoms with van der Waals surface area (Å²) in [7, 11) is 0. The predicted molar refractivity (Wildman–Crippen MR) is 81.6 cm³/mol. The van der Waals surface area contributed by atoms with Gasteiger partial charge < -0.3 is 15.2 Å². The molecule has 5 nitrogen and oxygen atoms in total. The number of carboxylic acids is 1. The molecule has 116 valence electrons. The van der Waals surface area contributed by atoms with E-state index < -0.39 is 30.0 Å². The van der Waals surface area contributed by atoms with Crippen LogP contribution in [0.25, 0.3) is 0 Å². The molecule has 0 spiro atoms. The molecule has 0 saturated carbocycles. The molecule has 1 aromatic rings. The lowest BCUT2D eigenvalue weighted by Gasteiger charge is -2.22. The van der Waals surface area contributed by atoms with E-state index in [2.05, 4.69) is 5.32 Å². The normalized spacial score (nSPS) is 28.8. The largest absolute Gasteiger partial charge is 0.481 e. The first-order chi connectivity index (χ1) is 10.5. The van der Waals surface area contributed by atoms with Crippen molar-refractivity contribution < 1.29 is 19.4 Å². The van der Waals surface area contributed by atoms with E-state index in [4.69, 9.17) is 4.74 Å². The number of fused-ring (bicyclic) bond motifs is 2. The maximum absolute atomic E-state index is 12.7. The van der Waals surface area contributed by atoms with E-state index in [-0.39, 0.29) is 5.91 Å². The van der Waals surface area contributed by atoms with Crippen LogP contribution >= 0.6 is 0 Å². The number of para-hydroxylation sites is 1. The zero-order chi connectivity index (χ0) is 15.9. The first kappa shape index (κ1) is 14.8. The highest BCUT2D eigenvalue weighted by Crippen LogP contribution is 2.40. The molecule has 0 unspecified atom stereocenters. The number of carbonyl (C=O) groups is 2. The highest BCUT2D eigenvalue weighted by molar-refractivity contribution is 5.97. The predicted octanol–water partition coefficient (Wildman–Crippen LogP) is 2.15. The van der Waals surface area contributed by atoms with Crippen LogP contribution in [-0.4, -0.2) is 29.2 Å². The standard InChI is InChI=1S/C17H19NO4/c1-3-10-6-4-5-9(2)15(10)18-16(19)13-11-7-8-12(22-11)14(13)17(20)21/h4-8,11-14H,3H2,1-2H3,(H,18,19)(H,20,21)/t11-,12+,13+,14+/m1/s1. The van der Waals surface area contributed by atoms with Crippen LogP contribution in [-0.2, 0) is 20.7 Å². The number of nitrogens with one attached hydrogen (secondary N) is 1. The van der Waals surface area contributed by atoms with E-state index in [1.165, 1.54) is 0 Å². The SMILES string of the molecule is CCc1cccc(C)c1NC(=O)[C@@H]1[C@@H](C(=O)O)[C@@H]2C=C[C@H]1O2. The summed E-state index contributed by atoms with van der Waals surface area (Å²) < 4.78 is 5.55.